The van der Waals surface area contributed by atoms with Gasteiger partial charge in [-0.3, -0.25) is 9.59 Å². The fraction of sp³-hybridized carbons (Fsp3) is 0.800. The highest BCUT2D eigenvalue weighted by Crippen LogP contribution is 2.04. The Morgan fingerprint density at radius 3 is 1.47 bits per heavy atom. The summed E-state index contributed by atoms with van der Waals surface area (Å²) in [5.74, 6) is -2.02. The maximum Gasteiger partial charge on any atom is 0.323 e. The van der Waals surface area contributed by atoms with Gasteiger partial charge in [0.1, 0.15) is 12.1 Å². The normalized spacial score (nSPS) is 17.1. The van der Waals surface area contributed by atoms with Crippen LogP contribution in [-0.4, -0.2) is 45.4 Å². The first-order valence-corrected chi connectivity index (χ1v) is 5.29. The summed E-state index contributed by atoms with van der Waals surface area (Å²) in [6.07, 6.45) is -0.166. The summed E-state index contributed by atoms with van der Waals surface area (Å²) >= 11 is 0. The molecule has 0 aliphatic rings. The monoisotopic (exact) mass is 250 g/mol. The van der Waals surface area contributed by atoms with Crippen molar-refractivity contribution >= 4 is 11.9 Å². The molecule has 0 aliphatic carbocycles. The van der Waals surface area contributed by atoms with Gasteiger partial charge in [-0.2, -0.15) is 0 Å². The Labute approximate surface area is 100 Å². The molecule has 0 radical (unpaired) electrons. The summed E-state index contributed by atoms with van der Waals surface area (Å²) in [6, 6.07) is -1.86. The summed E-state index contributed by atoms with van der Waals surface area (Å²) in [4.78, 5) is 20.0. The number of carboxylic acids is 2. The van der Waals surface area contributed by atoms with Gasteiger partial charge in [-0.05, 0) is 12.8 Å². The lowest BCUT2D eigenvalue weighted by Gasteiger charge is -2.11. The van der Waals surface area contributed by atoms with Gasteiger partial charge in [0.25, 0.3) is 0 Å². The number of carboxylic acid groups (broad SMARTS) is 2. The van der Waals surface area contributed by atoms with E-state index in [-0.39, 0.29) is 5.92 Å². The van der Waals surface area contributed by atoms with E-state index < -0.39 is 30.1 Å². The molecule has 0 aliphatic heterocycles. The van der Waals surface area contributed by atoms with Crippen molar-refractivity contribution in [2.45, 2.75) is 45.4 Å². The van der Waals surface area contributed by atoms with Gasteiger partial charge in [0.2, 0.25) is 0 Å². The second-order valence-electron chi connectivity index (χ2n) is 3.85. The Balaban J connectivity index is 0. The van der Waals surface area contributed by atoms with Crippen molar-refractivity contribution in [1.82, 2.24) is 0 Å². The topological polar surface area (TPSA) is 147 Å². The SMILES string of the molecule is CC(O)C(N)C(=O)O.CCC(C)C(N)C(=O)O. The molecule has 102 valence electrons. The second kappa shape index (κ2) is 8.91. The minimum atomic E-state index is -1.18. The maximum atomic E-state index is 10.2. The molecule has 17 heavy (non-hydrogen) atoms. The van der Waals surface area contributed by atoms with Crippen molar-refractivity contribution in [3.8, 4) is 0 Å². The molecule has 0 heterocycles. The van der Waals surface area contributed by atoms with Gasteiger partial charge in [-0.1, -0.05) is 20.3 Å². The van der Waals surface area contributed by atoms with Crippen molar-refractivity contribution < 1.29 is 24.9 Å². The highest BCUT2D eigenvalue weighted by atomic mass is 16.4. The Morgan fingerprint density at radius 2 is 1.41 bits per heavy atom. The highest BCUT2D eigenvalue weighted by molar-refractivity contribution is 5.73. The molecule has 7 nitrogen and oxygen atoms in total. The Morgan fingerprint density at radius 1 is 1.06 bits per heavy atom. The summed E-state index contributed by atoms with van der Waals surface area (Å²) in [7, 11) is 0. The molecule has 7 N–H and O–H groups in total. The van der Waals surface area contributed by atoms with Crippen LogP contribution in [-0.2, 0) is 9.59 Å². The first-order chi connectivity index (χ1) is 7.64. The third-order valence-corrected chi connectivity index (χ3v) is 2.35. The molecule has 4 atom stereocenters. The van der Waals surface area contributed by atoms with Crippen molar-refractivity contribution in [3.63, 3.8) is 0 Å². The lowest BCUT2D eigenvalue weighted by atomic mass is 10.0. The Kier molecular flexibility index (Phi) is 9.54. The van der Waals surface area contributed by atoms with Crippen LogP contribution in [0.15, 0.2) is 0 Å². The van der Waals surface area contributed by atoms with E-state index in [0.29, 0.717) is 0 Å². The first kappa shape index (κ1) is 18.2. The van der Waals surface area contributed by atoms with Crippen LogP contribution in [0.5, 0.6) is 0 Å². The van der Waals surface area contributed by atoms with Gasteiger partial charge in [-0.25, -0.2) is 0 Å². The van der Waals surface area contributed by atoms with E-state index in [4.69, 9.17) is 26.8 Å². The number of carbonyl (C=O) groups is 2. The van der Waals surface area contributed by atoms with E-state index in [1.54, 1.807) is 0 Å². The summed E-state index contributed by atoms with van der Waals surface area (Å²) < 4.78 is 0. The third-order valence-electron chi connectivity index (χ3n) is 2.35. The van der Waals surface area contributed by atoms with E-state index in [9.17, 15) is 9.59 Å². The van der Waals surface area contributed by atoms with Gasteiger partial charge in [0.05, 0.1) is 6.10 Å². The lowest BCUT2D eigenvalue weighted by molar-refractivity contribution is -0.141. The summed E-state index contributed by atoms with van der Waals surface area (Å²) in [5, 5.41) is 24.9. The van der Waals surface area contributed by atoms with E-state index in [2.05, 4.69) is 0 Å². The molecular formula is C10H22N2O5. The molecule has 0 aromatic carbocycles. The highest BCUT2D eigenvalue weighted by Gasteiger charge is 2.17. The fourth-order valence-electron chi connectivity index (χ4n) is 0.704. The largest absolute Gasteiger partial charge is 0.480 e. The molecule has 0 bridgehead atoms. The fourth-order valence-corrected chi connectivity index (χ4v) is 0.704. The molecule has 4 unspecified atom stereocenters. The molecule has 0 aromatic heterocycles. The van der Waals surface area contributed by atoms with Gasteiger partial charge in [0, 0.05) is 0 Å². The molecule has 0 fully saturated rings. The molecule has 0 rings (SSSR count). The van der Waals surface area contributed by atoms with Crippen molar-refractivity contribution in [2.24, 2.45) is 17.4 Å². The van der Waals surface area contributed by atoms with Crippen LogP contribution in [0.2, 0.25) is 0 Å². The zero-order valence-electron chi connectivity index (χ0n) is 10.3. The average molecular weight is 250 g/mol. The maximum absolute atomic E-state index is 10.2. The number of aliphatic hydroxyl groups excluding tert-OH is 1. The smallest absolute Gasteiger partial charge is 0.323 e. The number of rotatable bonds is 5. The minimum absolute atomic E-state index is 0.0718. The minimum Gasteiger partial charge on any atom is -0.480 e. The number of hydrogen-bond acceptors (Lipinski definition) is 5. The molecular weight excluding hydrogens is 228 g/mol. The number of aliphatic hydroxyl groups is 1. The molecule has 0 amide bonds. The zero-order valence-corrected chi connectivity index (χ0v) is 10.3. The van der Waals surface area contributed by atoms with Crippen LogP contribution in [0.25, 0.3) is 0 Å². The molecule has 0 aromatic rings. The number of nitrogens with two attached hydrogens (primary N) is 2. The van der Waals surface area contributed by atoms with E-state index in [1.165, 1.54) is 6.92 Å². The van der Waals surface area contributed by atoms with E-state index >= 15 is 0 Å². The van der Waals surface area contributed by atoms with Crippen LogP contribution in [0.3, 0.4) is 0 Å². The van der Waals surface area contributed by atoms with Crippen LogP contribution >= 0.6 is 0 Å². The number of aliphatic carboxylic acids is 2. The van der Waals surface area contributed by atoms with Crippen LogP contribution in [0.1, 0.15) is 27.2 Å². The second-order valence-corrected chi connectivity index (χ2v) is 3.85. The van der Waals surface area contributed by atoms with E-state index in [0.717, 1.165) is 6.42 Å². The van der Waals surface area contributed by atoms with Crippen molar-refractivity contribution in [3.05, 3.63) is 0 Å². The van der Waals surface area contributed by atoms with Gasteiger partial charge < -0.3 is 26.8 Å². The quantitative estimate of drug-likeness (QED) is 0.430. The van der Waals surface area contributed by atoms with Gasteiger partial charge >= 0.3 is 11.9 Å². The average Bonchev–Trinajstić information content (AvgIpc) is 2.26. The molecule has 0 saturated carbocycles. The van der Waals surface area contributed by atoms with Crippen LogP contribution in [0, 0.1) is 5.92 Å². The predicted molar refractivity (Wildman–Crippen MR) is 62.4 cm³/mol. The third kappa shape index (κ3) is 8.61. The van der Waals surface area contributed by atoms with E-state index in [1.807, 2.05) is 13.8 Å². The van der Waals surface area contributed by atoms with Crippen LogP contribution in [0.4, 0.5) is 0 Å². The Bertz CT molecular complexity index is 245. The molecule has 0 spiro atoms. The first-order valence-electron chi connectivity index (χ1n) is 5.29. The zero-order chi connectivity index (χ0) is 14.2. The lowest BCUT2D eigenvalue weighted by Crippen LogP contribution is -2.39. The number of hydrogen-bond donors (Lipinski definition) is 5. The predicted octanol–water partition coefficient (Wildman–Crippen LogP) is -0.776. The molecule has 0 saturated heterocycles. The Hall–Kier alpha value is -1.18. The summed E-state index contributed by atoms with van der Waals surface area (Å²) in [6.45, 7) is 5.09. The van der Waals surface area contributed by atoms with Gasteiger partial charge in [0.15, 0.2) is 0 Å². The van der Waals surface area contributed by atoms with Crippen LogP contribution < -0.4 is 11.5 Å². The standard InChI is InChI=1S/C6H13NO2.C4H9NO3/c1-3-4(2)5(7)6(8)9;1-2(6)3(5)4(7)8/h4-5H,3,7H2,1-2H3,(H,8,9);2-3,6H,5H2,1H3,(H,7,8). The van der Waals surface area contributed by atoms with Crippen molar-refractivity contribution in [2.75, 3.05) is 0 Å². The molecule has 7 heteroatoms. The van der Waals surface area contributed by atoms with Gasteiger partial charge in [-0.15, -0.1) is 0 Å². The van der Waals surface area contributed by atoms with Crippen molar-refractivity contribution in [1.29, 1.82) is 0 Å². The summed E-state index contributed by atoms with van der Waals surface area (Å²) in [5.41, 5.74) is 10.2.